The SMILES string of the molecule is CCC(C)CCCCCCCCC(=O)OC[C@H](COP(=O)(O)OC[C@@H](O)COP(=O)(O)O)OC(=O)CCCCCCCCCCCCCCCCCCCCC(C)C. The maximum atomic E-state index is 12.7. The van der Waals surface area contributed by atoms with Gasteiger partial charge >= 0.3 is 27.6 Å². The second kappa shape index (κ2) is 37.8. The molecule has 0 fully saturated rings. The van der Waals surface area contributed by atoms with Gasteiger partial charge in [-0.2, -0.15) is 0 Å². The number of phosphoric ester groups is 2. The number of carbonyl (C=O) groups is 2. The third-order valence-corrected chi connectivity index (χ3v) is 11.9. The summed E-state index contributed by atoms with van der Waals surface area (Å²) in [4.78, 5) is 52.7. The van der Waals surface area contributed by atoms with Crippen molar-refractivity contribution in [1.82, 2.24) is 0 Å². The summed E-state index contributed by atoms with van der Waals surface area (Å²) in [5.41, 5.74) is 0. The van der Waals surface area contributed by atoms with Crippen LogP contribution in [0.3, 0.4) is 0 Å². The number of ether oxygens (including phenoxy) is 2. The van der Waals surface area contributed by atoms with Crippen LogP contribution in [0, 0.1) is 11.8 Å². The van der Waals surface area contributed by atoms with Crippen LogP contribution in [-0.2, 0) is 41.8 Å². The smallest absolute Gasteiger partial charge is 0.462 e. The number of esters is 2. The molecule has 346 valence electrons. The van der Waals surface area contributed by atoms with Gasteiger partial charge in [-0.15, -0.1) is 0 Å². The summed E-state index contributed by atoms with van der Waals surface area (Å²) in [6.45, 7) is 6.40. The predicted octanol–water partition coefficient (Wildman–Crippen LogP) is 11.7. The standard InChI is InChI=1S/C43H86O13P2/c1-5-39(4)31-27-23-20-21-24-28-32-42(45)52-36-41(37-55-58(50,51)54-35-40(44)34-53-57(47,48)49)56-43(46)33-29-25-19-17-15-13-11-9-7-6-8-10-12-14-16-18-22-26-30-38(2)3/h38-41,44H,5-37H2,1-4H3,(H,50,51)(H2,47,48,49)/t39?,40-,41+/m0/s1. The molecule has 4 atom stereocenters. The zero-order valence-electron chi connectivity index (χ0n) is 37.0. The van der Waals surface area contributed by atoms with Crippen LogP contribution in [0.2, 0.25) is 0 Å². The number of phosphoric acid groups is 2. The van der Waals surface area contributed by atoms with Gasteiger partial charge in [-0.05, 0) is 24.7 Å². The van der Waals surface area contributed by atoms with E-state index in [1.54, 1.807) is 0 Å². The Morgan fingerprint density at radius 1 is 0.500 bits per heavy atom. The molecule has 0 heterocycles. The van der Waals surface area contributed by atoms with E-state index in [1.165, 1.54) is 122 Å². The summed E-state index contributed by atoms with van der Waals surface area (Å²) in [5.74, 6) is 0.565. The molecule has 0 saturated heterocycles. The Morgan fingerprint density at radius 3 is 1.31 bits per heavy atom. The van der Waals surface area contributed by atoms with E-state index in [0.29, 0.717) is 12.8 Å². The fraction of sp³-hybridized carbons (Fsp3) is 0.953. The fourth-order valence-electron chi connectivity index (χ4n) is 6.57. The van der Waals surface area contributed by atoms with Crippen LogP contribution in [0.5, 0.6) is 0 Å². The van der Waals surface area contributed by atoms with E-state index in [-0.39, 0.29) is 19.4 Å². The van der Waals surface area contributed by atoms with Gasteiger partial charge in [0.15, 0.2) is 6.10 Å². The Kier molecular flexibility index (Phi) is 37.3. The summed E-state index contributed by atoms with van der Waals surface area (Å²) in [5, 5.41) is 9.74. The van der Waals surface area contributed by atoms with E-state index in [4.69, 9.17) is 23.8 Å². The van der Waals surface area contributed by atoms with Crippen molar-refractivity contribution in [2.24, 2.45) is 11.8 Å². The van der Waals surface area contributed by atoms with Gasteiger partial charge in [-0.25, -0.2) is 9.13 Å². The van der Waals surface area contributed by atoms with Crippen LogP contribution < -0.4 is 0 Å². The molecule has 0 aromatic rings. The molecule has 58 heavy (non-hydrogen) atoms. The van der Waals surface area contributed by atoms with E-state index in [0.717, 1.165) is 50.4 Å². The highest BCUT2D eigenvalue weighted by atomic mass is 31.2. The number of unbranched alkanes of at least 4 members (excludes halogenated alkanes) is 22. The van der Waals surface area contributed by atoms with Crippen LogP contribution in [-0.4, -0.2) is 70.4 Å². The van der Waals surface area contributed by atoms with E-state index in [2.05, 4.69) is 36.7 Å². The van der Waals surface area contributed by atoms with Crippen LogP contribution in [0.1, 0.15) is 214 Å². The normalized spacial score (nSPS) is 14.6. The Morgan fingerprint density at radius 2 is 0.879 bits per heavy atom. The first-order chi connectivity index (χ1) is 27.6. The predicted molar refractivity (Wildman–Crippen MR) is 230 cm³/mol. The molecule has 0 aromatic heterocycles. The van der Waals surface area contributed by atoms with Crippen LogP contribution in [0.4, 0.5) is 0 Å². The lowest BCUT2D eigenvalue weighted by molar-refractivity contribution is -0.161. The summed E-state index contributed by atoms with van der Waals surface area (Å²) < 4.78 is 47.8. The van der Waals surface area contributed by atoms with Crippen LogP contribution >= 0.6 is 15.6 Å². The third kappa shape index (κ3) is 41.8. The molecule has 0 aromatic carbocycles. The fourth-order valence-corrected chi connectivity index (χ4v) is 7.72. The van der Waals surface area contributed by atoms with E-state index in [1.807, 2.05) is 0 Å². The Hall–Kier alpha value is -0.880. The van der Waals surface area contributed by atoms with Crippen molar-refractivity contribution >= 4 is 27.6 Å². The zero-order valence-corrected chi connectivity index (χ0v) is 38.8. The lowest BCUT2D eigenvalue weighted by atomic mass is 10.00. The molecule has 0 saturated carbocycles. The summed E-state index contributed by atoms with van der Waals surface area (Å²) in [7, 11) is -9.65. The summed E-state index contributed by atoms with van der Waals surface area (Å²) in [6.07, 6.45) is 29.8. The number of aliphatic hydroxyl groups excluding tert-OH is 1. The molecule has 0 spiro atoms. The average molecular weight is 873 g/mol. The molecule has 15 heteroatoms. The number of carbonyl (C=O) groups excluding carboxylic acids is 2. The van der Waals surface area contributed by atoms with Crippen molar-refractivity contribution in [1.29, 1.82) is 0 Å². The molecule has 0 radical (unpaired) electrons. The maximum Gasteiger partial charge on any atom is 0.472 e. The van der Waals surface area contributed by atoms with Crippen molar-refractivity contribution in [3.05, 3.63) is 0 Å². The molecule has 2 unspecified atom stereocenters. The third-order valence-electron chi connectivity index (χ3n) is 10.5. The van der Waals surface area contributed by atoms with Crippen molar-refractivity contribution in [3.8, 4) is 0 Å². The number of hydrogen-bond donors (Lipinski definition) is 4. The largest absolute Gasteiger partial charge is 0.472 e. The van der Waals surface area contributed by atoms with E-state index in [9.17, 15) is 28.7 Å². The first-order valence-corrected chi connectivity index (χ1v) is 26.0. The maximum absolute atomic E-state index is 12.7. The van der Waals surface area contributed by atoms with Gasteiger partial charge in [0.05, 0.1) is 19.8 Å². The number of aliphatic hydroxyl groups is 1. The van der Waals surface area contributed by atoms with Crippen LogP contribution in [0.25, 0.3) is 0 Å². The van der Waals surface area contributed by atoms with Gasteiger partial charge in [-0.3, -0.25) is 23.2 Å². The molecule has 0 amide bonds. The van der Waals surface area contributed by atoms with E-state index >= 15 is 0 Å². The highest BCUT2D eigenvalue weighted by Gasteiger charge is 2.28. The topological polar surface area (TPSA) is 195 Å². The average Bonchev–Trinajstić information content (AvgIpc) is 3.17. The Labute approximate surface area is 352 Å². The zero-order chi connectivity index (χ0) is 43.3. The monoisotopic (exact) mass is 873 g/mol. The molecule has 0 aliphatic rings. The van der Waals surface area contributed by atoms with Crippen LogP contribution in [0.15, 0.2) is 0 Å². The molecular formula is C43H86O13P2. The highest BCUT2D eigenvalue weighted by Crippen LogP contribution is 2.43. The Balaban J connectivity index is 4.36. The van der Waals surface area contributed by atoms with Crippen molar-refractivity contribution in [2.75, 3.05) is 26.4 Å². The van der Waals surface area contributed by atoms with Crippen molar-refractivity contribution < 1.29 is 61.6 Å². The second-order valence-electron chi connectivity index (χ2n) is 16.8. The first kappa shape index (κ1) is 57.1. The van der Waals surface area contributed by atoms with Crippen molar-refractivity contribution in [3.63, 3.8) is 0 Å². The van der Waals surface area contributed by atoms with Gasteiger partial charge in [0.25, 0.3) is 0 Å². The molecule has 0 bridgehead atoms. The molecule has 4 N–H and O–H groups in total. The molecule has 0 aliphatic carbocycles. The molecule has 0 aliphatic heterocycles. The second-order valence-corrected chi connectivity index (χ2v) is 19.5. The first-order valence-electron chi connectivity index (χ1n) is 23.0. The molecular weight excluding hydrogens is 786 g/mol. The highest BCUT2D eigenvalue weighted by molar-refractivity contribution is 7.47. The Bertz CT molecular complexity index is 1070. The minimum atomic E-state index is -4.86. The summed E-state index contributed by atoms with van der Waals surface area (Å²) in [6, 6.07) is 0. The van der Waals surface area contributed by atoms with Gasteiger partial charge < -0.3 is 29.3 Å². The van der Waals surface area contributed by atoms with Crippen molar-refractivity contribution in [2.45, 2.75) is 226 Å². The number of hydrogen-bond acceptors (Lipinski definition) is 10. The quantitative estimate of drug-likeness (QED) is 0.0257. The molecule has 0 rings (SSSR count). The van der Waals surface area contributed by atoms with Gasteiger partial charge in [0, 0.05) is 12.8 Å². The van der Waals surface area contributed by atoms with E-state index < -0.39 is 59.6 Å². The lowest BCUT2D eigenvalue weighted by Crippen LogP contribution is -2.30. The molecule has 13 nitrogen and oxygen atoms in total. The van der Waals surface area contributed by atoms with Gasteiger partial charge in [0.1, 0.15) is 12.7 Å². The minimum absolute atomic E-state index is 0.138. The van der Waals surface area contributed by atoms with Gasteiger partial charge in [0.2, 0.25) is 0 Å². The number of rotatable bonds is 43. The summed E-state index contributed by atoms with van der Waals surface area (Å²) >= 11 is 0. The van der Waals surface area contributed by atoms with Gasteiger partial charge in [-0.1, -0.05) is 188 Å². The lowest BCUT2D eigenvalue weighted by Gasteiger charge is -2.20. The minimum Gasteiger partial charge on any atom is -0.462 e.